The van der Waals surface area contributed by atoms with Crippen LogP contribution >= 0.6 is 0 Å². The van der Waals surface area contributed by atoms with Gasteiger partial charge in [0.05, 0.1) is 17.7 Å². The summed E-state index contributed by atoms with van der Waals surface area (Å²) in [5, 5.41) is 0. The molecule has 0 atom stereocenters. The SMILES string of the molecule is CCCCOC(=O)C(C)(C)Cc1ccc(-c2cccc(N)n2)cc1. The molecule has 4 nitrogen and oxygen atoms in total. The number of carbonyl (C=O) groups is 1. The molecule has 0 saturated heterocycles. The third kappa shape index (κ3) is 4.82. The molecule has 0 spiro atoms. The summed E-state index contributed by atoms with van der Waals surface area (Å²) in [6, 6.07) is 13.7. The minimum atomic E-state index is -0.537. The Labute approximate surface area is 144 Å². The summed E-state index contributed by atoms with van der Waals surface area (Å²) in [4.78, 5) is 16.5. The molecular weight excluding hydrogens is 300 g/mol. The molecule has 1 heterocycles. The molecule has 0 aliphatic carbocycles. The number of hydrogen-bond acceptors (Lipinski definition) is 4. The lowest BCUT2D eigenvalue weighted by atomic mass is 9.85. The Kier molecular flexibility index (Phi) is 5.96. The highest BCUT2D eigenvalue weighted by Crippen LogP contribution is 2.26. The second kappa shape index (κ2) is 7.95. The summed E-state index contributed by atoms with van der Waals surface area (Å²) in [6.45, 7) is 6.43. The van der Waals surface area contributed by atoms with Crippen molar-refractivity contribution in [2.75, 3.05) is 12.3 Å². The van der Waals surface area contributed by atoms with E-state index in [-0.39, 0.29) is 5.97 Å². The second-order valence-corrected chi connectivity index (χ2v) is 6.69. The Balaban J connectivity index is 2.04. The molecule has 0 saturated carbocycles. The number of anilines is 1. The number of benzene rings is 1. The van der Waals surface area contributed by atoms with E-state index in [1.807, 2.05) is 50.2 Å². The van der Waals surface area contributed by atoms with Crippen LogP contribution in [-0.2, 0) is 16.0 Å². The van der Waals surface area contributed by atoms with Crippen molar-refractivity contribution in [2.45, 2.75) is 40.0 Å². The lowest BCUT2D eigenvalue weighted by Crippen LogP contribution is -2.29. The van der Waals surface area contributed by atoms with Crippen molar-refractivity contribution in [3.63, 3.8) is 0 Å². The lowest BCUT2D eigenvalue weighted by Gasteiger charge is -2.22. The molecule has 1 aromatic heterocycles. The molecule has 0 aliphatic rings. The molecule has 0 aliphatic heterocycles. The molecule has 2 rings (SSSR count). The van der Waals surface area contributed by atoms with Crippen molar-refractivity contribution >= 4 is 11.8 Å². The summed E-state index contributed by atoms with van der Waals surface area (Å²) in [5.74, 6) is 0.366. The molecule has 0 amide bonds. The predicted molar refractivity (Wildman–Crippen MR) is 97.4 cm³/mol. The van der Waals surface area contributed by atoms with E-state index in [2.05, 4.69) is 11.9 Å². The van der Waals surface area contributed by atoms with Gasteiger partial charge in [-0.15, -0.1) is 0 Å². The summed E-state index contributed by atoms with van der Waals surface area (Å²) in [7, 11) is 0. The van der Waals surface area contributed by atoms with Crippen LogP contribution in [0.15, 0.2) is 42.5 Å². The average molecular weight is 326 g/mol. The van der Waals surface area contributed by atoms with Gasteiger partial charge < -0.3 is 10.5 Å². The highest BCUT2D eigenvalue weighted by atomic mass is 16.5. The summed E-state index contributed by atoms with van der Waals surface area (Å²) in [5.41, 5.74) is 8.15. The fourth-order valence-electron chi connectivity index (χ4n) is 2.49. The first-order valence-corrected chi connectivity index (χ1v) is 8.41. The first-order chi connectivity index (χ1) is 11.4. The monoisotopic (exact) mass is 326 g/mol. The van der Waals surface area contributed by atoms with Gasteiger partial charge in [0.1, 0.15) is 5.82 Å². The maximum absolute atomic E-state index is 12.2. The van der Waals surface area contributed by atoms with Crippen LogP contribution in [0, 0.1) is 5.41 Å². The largest absolute Gasteiger partial charge is 0.465 e. The first kappa shape index (κ1) is 18.0. The normalized spacial score (nSPS) is 11.3. The number of nitrogen functional groups attached to an aromatic ring is 1. The van der Waals surface area contributed by atoms with Gasteiger partial charge in [-0.25, -0.2) is 4.98 Å². The van der Waals surface area contributed by atoms with Crippen molar-refractivity contribution < 1.29 is 9.53 Å². The minimum Gasteiger partial charge on any atom is -0.465 e. The minimum absolute atomic E-state index is 0.141. The Morgan fingerprint density at radius 1 is 1.17 bits per heavy atom. The highest BCUT2D eigenvalue weighted by molar-refractivity contribution is 5.76. The Hall–Kier alpha value is -2.36. The maximum atomic E-state index is 12.2. The fourth-order valence-corrected chi connectivity index (χ4v) is 2.49. The summed E-state index contributed by atoms with van der Waals surface area (Å²) < 4.78 is 5.36. The molecule has 1 aromatic carbocycles. The van der Waals surface area contributed by atoms with E-state index in [9.17, 15) is 4.79 Å². The zero-order chi connectivity index (χ0) is 17.6. The molecule has 24 heavy (non-hydrogen) atoms. The van der Waals surface area contributed by atoms with Crippen LogP contribution in [0.25, 0.3) is 11.3 Å². The van der Waals surface area contributed by atoms with Gasteiger partial charge in [0.25, 0.3) is 0 Å². The van der Waals surface area contributed by atoms with Crippen LogP contribution in [0.3, 0.4) is 0 Å². The number of carbonyl (C=O) groups excluding carboxylic acids is 1. The molecule has 0 bridgehead atoms. The molecule has 2 N–H and O–H groups in total. The van der Waals surface area contributed by atoms with Gasteiger partial charge in [-0.05, 0) is 44.4 Å². The van der Waals surface area contributed by atoms with Gasteiger partial charge in [-0.3, -0.25) is 4.79 Å². The summed E-state index contributed by atoms with van der Waals surface area (Å²) >= 11 is 0. The number of rotatable bonds is 7. The number of pyridine rings is 1. The number of aromatic nitrogens is 1. The average Bonchev–Trinajstić information content (AvgIpc) is 2.55. The molecular formula is C20H26N2O2. The zero-order valence-electron chi connectivity index (χ0n) is 14.7. The number of ether oxygens (including phenoxy) is 1. The lowest BCUT2D eigenvalue weighted by molar-refractivity contribution is -0.154. The van der Waals surface area contributed by atoms with Crippen LogP contribution in [-0.4, -0.2) is 17.6 Å². The Morgan fingerprint density at radius 2 is 1.88 bits per heavy atom. The molecule has 0 unspecified atom stereocenters. The van der Waals surface area contributed by atoms with Crippen molar-refractivity contribution in [1.29, 1.82) is 0 Å². The van der Waals surface area contributed by atoms with Crippen molar-refractivity contribution in [1.82, 2.24) is 4.98 Å². The van der Waals surface area contributed by atoms with E-state index < -0.39 is 5.41 Å². The third-order valence-corrected chi connectivity index (χ3v) is 3.95. The molecule has 4 heteroatoms. The quantitative estimate of drug-likeness (QED) is 0.610. The Morgan fingerprint density at radius 3 is 2.50 bits per heavy atom. The van der Waals surface area contributed by atoms with E-state index >= 15 is 0 Å². The van der Waals surface area contributed by atoms with E-state index in [1.165, 1.54) is 0 Å². The van der Waals surface area contributed by atoms with Gasteiger partial charge >= 0.3 is 5.97 Å². The summed E-state index contributed by atoms with van der Waals surface area (Å²) in [6.07, 6.45) is 2.57. The smallest absolute Gasteiger partial charge is 0.311 e. The van der Waals surface area contributed by atoms with Gasteiger partial charge in [0.2, 0.25) is 0 Å². The number of unbranched alkanes of at least 4 members (excludes halogenated alkanes) is 1. The third-order valence-electron chi connectivity index (χ3n) is 3.95. The number of nitrogens with zero attached hydrogens (tertiary/aromatic N) is 1. The standard InChI is InChI=1S/C20H26N2O2/c1-4-5-13-24-19(23)20(2,3)14-15-9-11-16(12-10-15)17-7-6-8-18(21)22-17/h6-12H,4-5,13-14H2,1-3H3,(H2,21,22). The fraction of sp³-hybridized carbons (Fsp3) is 0.400. The zero-order valence-corrected chi connectivity index (χ0v) is 14.7. The Bertz CT molecular complexity index is 678. The van der Waals surface area contributed by atoms with Gasteiger partial charge in [-0.1, -0.05) is 43.7 Å². The maximum Gasteiger partial charge on any atom is 0.311 e. The van der Waals surface area contributed by atoms with E-state index in [0.717, 1.165) is 29.7 Å². The van der Waals surface area contributed by atoms with Crippen LogP contribution in [0.1, 0.15) is 39.2 Å². The van der Waals surface area contributed by atoms with Crippen molar-refractivity contribution in [3.05, 3.63) is 48.0 Å². The van der Waals surface area contributed by atoms with Crippen LogP contribution < -0.4 is 5.73 Å². The van der Waals surface area contributed by atoms with Gasteiger partial charge in [-0.2, -0.15) is 0 Å². The van der Waals surface area contributed by atoms with E-state index in [0.29, 0.717) is 18.8 Å². The van der Waals surface area contributed by atoms with E-state index in [1.54, 1.807) is 6.07 Å². The van der Waals surface area contributed by atoms with Crippen LogP contribution in [0.4, 0.5) is 5.82 Å². The molecule has 0 fully saturated rings. The first-order valence-electron chi connectivity index (χ1n) is 8.41. The van der Waals surface area contributed by atoms with Gasteiger partial charge in [0, 0.05) is 5.56 Å². The van der Waals surface area contributed by atoms with Crippen molar-refractivity contribution in [2.24, 2.45) is 5.41 Å². The van der Waals surface area contributed by atoms with Crippen LogP contribution in [0.2, 0.25) is 0 Å². The van der Waals surface area contributed by atoms with Crippen LogP contribution in [0.5, 0.6) is 0 Å². The second-order valence-electron chi connectivity index (χ2n) is 6.69. The highest BCUT2D eigenvalue weighted by Gasteiger charge is 2.29. The topological polar surface area (TPSA) is 65.2 Å². The van der Waals surface area contributed by atoms with E-state index in [4.69, 9.17) is 10.5 Å². The van der Waals surface area contributed by atoms with Crippen molar-refractivity contribution in [3.8, 4) is 11.3 Å². The molecule has 2 aromatic rings. The predicted octanol–water partition coefficient (Wildman–Crippen LogP) is 4.24. The number of nitrogens with two attached hydrogens (primary N) is 1. The molecule has 128 valence electrons. The number of hydrogen-bond donors (Lipinski definition) is 1. The van der Waals surface area contributed by atoms with Gasteiger partial charge in [0.15, 0.2) is 0 Å². The number of esters is 1. The molecule has 0 radical (unpaired) electrons.